The van der Waals surface area contributed by atoms with Crippen LogP contribution >= 0.6 is 11.3 Å². The van der Waals surface area contributed by atoms with E-state index in [0.29, 0.717) is 31.1 Å². The molecule has 0 unspecified atom stereocenters. The van der Waals surface area contributed by atoms with E-state index in [1.54, 1.807) is 24.3 Å². The third-order valence-corrected chi connectivity index (χ3v) is 8.94. The number of anilines is 1. The van der Waals surface area contributed by atoms with Crippen LogP contribution in [0.5, 0.6) is 0 Å². The number of benzene rings is 2. The fraction of sp³-hybridized carbons (Fsp3) is 0.400. The molecule has 2 heterocycles. The van der Waals surface area contributed by atoms with Gasteiger partial charge in [-0.25, -0.2) is 8.42 Å². The Balaban J connectivity index is 1.35. The predicted octanol–water partition coefficient (Wildman–Crippen LogP) is 4.85. The molecule has 34 heavy (non-hydrogen) atoms. The van der Waals surface area contributed by atoms with Gasteiger partial charge >= 0.3 is 0 Å². The quantitative estimate of drug-likeness (QED) is 0.543. The van der Waals surface area contributed by atoms with Gasteiger partial charge in [-0.3, -0.25) is 4.79 Å². The summed E-state index contributed by atoms with van der Waals surface area (Å²) in [6, 6.07) is 15.1. The minimum absolute atomic E-state index is 0.0772. The first-order valence-electron chi connectivity index (χ1n) is 11.4. The first-order chi connectivity index (χ1) is 16.0. The third kappa shape index (κ3) is 5.37. The molecule has 0 saturated carbocycles. The summed E-state index contributed by atoms with van der Waals surface area (Å²) in [5.74, 6) is -0.402. The maximum Gasteiger partial charge on any atom is 0.243 e. The maximum atomic E-state index is 12.9. The Labute approximate surface area is 205 Å². The molecule has 4 rings (SSSR count). The number of sulfonamides is 1. The van der Waals surface area contributed by atoms with Gasteiger partial charge in [0.1, 0.15) is 5.01 Å². The molecular weight excluding hydrogens is 468 g/mol. The molecule has 9 heteroatoms. The number of aryl methyl sites for hydroxylation is 1. The van der Waals surface area contributed by atoms with E-state index in [0.717, 1.165) is 16.1 Å². The highest BCUT2D eigenvalue weighted by molar-refractivity contribution is 7.89. The number of carbonyl (C=O) groups excluding carboxylic acids is 1. The average molecular weight is 499 g/mol. The van der Waals surface area contributed by atoms with Crippen molar-refractivity contribution in [2.45, 2.75) is 50.8 Å². The summed E-state index contributed by atoms with van der Waals surface area (Å²) in [7, 11) is -3.55. The molecule has 2 aromatic carbocycles. The summed E-state index contributed by atoms with van der Waals surface area (Å²) in [5.41, 5.74) is 3.29. The molecular formula is C25H30N4O3S2. The van der Waals surface area contributed by atoms with Gasteiger partial charge in [-0.15, -0.1) is 10.2 Å². The van der Waals surface area contributed by atoms with Crippen molar-refractivity contribution in [1.82, 2.24) is 14.5 Å². The van der Waals surface area contributed by atoms with Crippen LogP contribution in [-0.2, 0) is 20.2 Å². The van der Waals surface area contributed by atoms with Gasteiger partial charge in [-0.05, 0) is 42.9 Å². The van der Waals surface area contributed by atoms with Crippen molar-refractivity contribution >= 4 is 32.4 Å². The molecule has 0 radical (unpaired) electrons. The molecule has 0 spiro atoms. The fourth-order valence-corrected chi connectivity index (χ4v) is 6.15. The van der Waals surface area contributed by atoms with Gasteiger partial charge < -0.3 is 5.32 Å². The summed E-state index contributed by atoms with van der Waals surface area (Å²) in [5, 5.41) is 12.4. The molecule has 1 N–H and O–H groups in total. The topological polar surface area (TPSA) is 92.3 Å². The van der Waals surface area contributed by atoms with Crippen LogP contribution in [0.25, 0.3) is 10.6 Å². The smallest absolute Gasteiger partial charge is 0.243 e. The van der Waals surface area contributed by atoms with Gasteiger partial charge in [0.05, 0.1) is 4.90 Å². The van der Waals surface area contributed by atoms with Crippen molar-refractivity contribution in [3.63, 3.8) is 0 Å². The number of piperidine rings is 1. The van der Waals surface area contributed by atoms with Crippen LogP contribution in [0.2, 0.25) is 0 Å². The summed E-state index contributed by atoms with van der Waals surface area (Å²) < 4.78 is 27.2. The number of amides is 1. The molecule has 7 nitrogen and oxygen atoms in total. The Morgan fingerprint density at radius 3 is 2.21 bits per heavy atom. The van der Waals surface area contributed by atoms with Gasteiger partial charge in [0.2, 0.25) is 21.1 Å². The lowest BCUT2D eigenvalue weighted by Gasteiger charge is -2.30. The zero-order valence-corrected chi connectivity index (χ0v) is 21.5. The van der Waals surface area contributed by atoms with E-state index in [2.05, 4.69) is 48.4 Å². The zero-order valence-electron chi connectivity index (χ0n) is 19.9. The number of rotatable bonds is 5. The second-order valence-corrected chi connectivity index (χ2v) is 12.6. The summed E-state index contributed by atoms with van der Waals surface area (Å²) in [6.45, 7) is 9.06. The number of hydrogen-bond donors (Lipinski definition) is 1. The molecule has 1 aliphatic heterocycles. The Bertz CT molecular complexity index is 1250. The van der Waals surface area contributed by atoms with Crippen molar-refractivity contribution in [3.8, 4) is 10.6 Å². The largest absolute Gasteiger partial charge is 0.300 e. The van der Waals surface area contributed by atoms with Crippen LogP contribution in [0.15, 0.2) is 53.4 Å². The second kappa shape index (κ2) is 9.56. The van der Waals surface area contributed by atoms with Crippen LogP contribution in [0, 0.1) is 12.8 Å². The molecule has 0 bridgehead atoms. The van der Waals surface area contributed by atoms with E-state index in [4.69, 9.17) is 0 Å². The van der Waals surface area contributed by atoms with E-state index < -0.39 is 10.0 Å². The zero-order chi connectivity index (χ0) is 24.5. The molecule has 3 aromatic rings. The molecule has 1 aromatic heterocycles. The number of carbonyl (C=O) groups is 1. The van der Waals surface area contributed by atoms with Gasteiger partial charge in [-0.2, -0.15) is 4.31 Å². The van der Waals surface area contributed by atoms with Crippen molar-refractivity contribution < 1.29 is 13.2 Å². The molecule has 1 aliphatic rings. The number of aromatic nitrogens is 2. The number of nitrogens with one attached hydrogen (secondary N) is 1. The number of nitrogens with zero attached hydrogens (tertiary/aromatic N) is 3. The van der Waals surface area contributed by atoms with Crippen molar-refractivity contribution in [1.29, 1.82) is 0 Å². The molecule has 1 amide bonds. The van der Waals surface area contributed by atoms with Crippen molar-refractivity contribution in [3.05, 3.63) is 59.7 Å². The van der Waals surface area contributed by atoms with Crippen LogP contribution in [0.1, 0.15) is 44.7 Å². The highest BCUT2D eigenvalue weighted by Crippen LogP contribution is 2.30. The van der Waals surface area contributed by atoms with Crippen molar-refractivity contribution in [2.24, 2.45) is 5.92 Å². The van der Waals surface area contributed by atoms with E-state index in [1.165, 1.54) is 21.2 Å². The van der Waals surface area contributed by atoms with Gasteiger partial charge in [-0.1, -0.05) is 74.1 Å². The first-order valence-corrected chi connectivity index (χ1v) is 13.6. The minimum Gasteiger partial charge on any atom is -0.300 e. The summed E-state index contributed by atoms with van der Waals surface area (Å²) in [6.07, 6.45) is 0.938. The summed E-state index contributed by atoms with van der Waals surface area (Å²) in [4.78, 5) is 13.1. The molecule has 180 valence electrons. The third-order valence-electron chi connectivity index (χ3n) is 6.14. The lowest BCUT2D eigenvalue weighted by molar-refractivity contribution is -0.120. The van der Waals surface area contributed by atoms with Crippen LogP contribution in [-0.4, -0.2) is 41.9 Å². The summed E-state index contributed by atoms with van der Waals surface area (Å²) >= 11 is 1.33. The first kappa shape index (κ1) is 24.5. The molecule has 1 fully saturated rings. The highest BCUT2D eigenvalue weighted by atomic mass is 32.2. The minimum atomic E-state index is -3.55. The normalized spacial score (nSPS) is 15.9. The highest BCUT2D eigenvalue weighted by Gasteiger charge is 2.32. The molecule has 1 saturated heterocycles. The molecule has 0 atom stereocenters. The van der Waals surface area contributed by atoms with Gasteiger partial charge in [0.15, 0.2) is 0 Å². The number of hydrogen-bond acceptors (Lipinski definition) is 6. The Morgan fingerprint density at radius 2 is 1.62 bits per heavy atom. The van der Waals surface area contributed by atoms with E-state index >= 15 is 0 Å². The van der Waals surface area contributed by atoms with Crippen LogP contribution in [0.4, 0.5) is 5.13 Å². The van der Waals surface area contributed by atoms with Crippen molar-refractivity contribution in [2.75, 3.05) is 18.4 Å². The van der Waals surface area contributed by atoms with E-state index in [-0.39, 0.29) is 22.1 Å². The van der Waals surface area contributed by atoms with Crippen LogP contribution in [0.3, 0.4) is 0 Å². The van der Waals surface area contributed by atoms with E-state index in [9.17, 15) is 13.2 Å². The Kier molecular flexibility index (Phi) is 6.89. The fourth-order valence-electron chi connectivity index (χ4n) is 3.93. The predicted molar refractivity (Wildman–Crippen MR) is 135 cm³/mol. The second-order valence-electron chi connectivity index (χ2n) is 9.72. The molecule has 0 aliphatic carbocycles. The Morgan fingerprint density at radius 1 is 1.00 bits per heavy atom. The van der Waals surface area contributed by atoms with Gasteiger partial charge in [0.25, 0.3) is 0 Å². The maximum absolute atomic E-state index is 12.9. The lowest BCUT2D eigenvalue weighted by Crippen LogP contribution is -2.41. The standard InChI is InChI=1S/C25H30N4O3S2/c1-17-5-11-21(12-6-17)34(31,32)29-15-13-18(14-16-29)22(30)26-24-28-27-23(33-24)19-7-9-20(10-8-19)25(2,3)4/h5-12,18H,13-16H2,1-4H3,(H,26,28,30). The Hall–Kier alpha value is -2.62. The lowest BCUT2D eigenvalue weighted by atomic mass is 9.87. The monoisotopic (exact) mass is 498 g/mol. The average Bonchev–Trinajstić information content (AvgIpc) is 3.27. The van der Waals surface area contributed by atoms with E-state index in [1.807, 2.05) is 19.1 Å². The van der Waals surface area contributed by atoms with Crippen LogP contribution < -0.4 is 5.32 Å². The van der Waals surface area contributed by atoms with Gasteiger partial charge in [0, 0.05) is 24.6 Å². The SMILES string of the molecule is Cc1ccc(S(=O)(=O)N2CCC(C(=O)Nc3nnc(-c4ccc(C(C)(C)C)cc4)s3)CC2)cc1.